The third-order valence-electron chi connectivity index (χ3n) is 2.85. The van der Waals surface area contributed by atoms with Crippen molar-refractivity contribution in [3.63, 3.8) is 0 Å². The van der Waals surface area contributed by atoms with Crippen molar-refractivity contribution < 1.29 is 0 Å². The molecule has 1 N–H and O–H groups in total. The van der Waals surface area contributed by atoms with Crippen LogP contribution in [0.3, 0.4) is 0 Å². The summed E-state index contributed by atoms with van der Waals surface area (Å²) in [7, 11) is 0. The molecule has 0 aromatic carbocycles. The van der Waals surface area contributed by atoms with Gasteiger partial charge in [-0.2, -0.15) is 5.26 Å². The maximum atomic E-state index is 8.38. The minimum absolute atomic E-state index is 0.727. The maximum Gasteiger partial charge on any atom is 0.0621 e. The third kappa shape index (κ3) is 2.83. The lowest BCUT2D eigenvalue weighted by Gasteiger charge is -2.16. The standard InChI is InChI=1S/C10H18N2/c1-9(4-2-3-6-11)10-5-7-12-8-10/h9-10,12H,2-5,7-8H2,1H3. The predicted octanol–water partition coefficient (Wildman–Crippen LogP) is 1.93. The summed E-state index contributed by atoms with van der Waals surface area (Å²) >= 11 is 0. The average molecular weight is 166 g/mol. The Balaban J connectivity index is 2.10. The molecule has 2 unspecified atom stereocenters. The SMILES string of the molecule is CC(CCCC#N)C1CCNC1. The Morgan fingerprint density at radius 1 is 1.67 bits per heavy atom. The summed E-state index contributed by atoms with van der Waals surface area (Å²) in [5, 5.41) is 11.8. The molecule has 1 aliphatic heterocycles. The second-order valence-corrected chi connectivity index (χ2v) is 3.78. The molecule has 0 aromatic heterocycles. The van der Waals surface area contributed by atoms with Gasteiger partial charge in [0.25, 0.3) is 0 Å². The van der Waals surface area contributed by atoms with E-state index >= 15 is 0 Å². The van der Waals surface area contributed by atoms with Gasteiger partial charge in [-0.15, -0.1) is 0 Å². The van der Waals surface area contributed by atoms with Crippen LogP contribution in [-0.2, 0) is 0 Å². The van der Waals surface area contributed by atoms with Crippen LogP contribution < -0.4 is 5.32 Å². The highest BCUT2D eigenvalue weighted by atomic mass is 14.9. The molecule has 0 saturated carbocycles. The molecule has 2 nitrogen and oxygen atoms in total. The van der Waals surface area contributed by atoms with Crippen LogP contribution in [0.4, 0.5) is 0 Å². The Labute approximate surface area is 75.0 Å². The first-order valence-electron chi connectivity index (χ1n) is 4.92. The summed E-state index contributed by atoms with van der Waals surface area (Å²) in [4.78, 5) is 0. The lowest BCUT2D eigenvalue weighted by atomic mass is 9.89. The van der Waals surface area contributed by atoms with E-state index in [1.54, 1.807) is 0 Å². The number of nitrogens with one attached hydrogen (secondary N) is 1. The van der Waals surface area contributed by atoms with Crippen LogP contribution >= 0.6 is 0 Å². The molecule has 0 amide bonds. The molecule has 0 aromatic rings. The van der Waals surface area contributed by atoms with E-state index in [4.69, 9.17) is 5.26 Å². The van der Waals surface area contributed by atoms with Gasteiger partial charge in [0.2, 0.25) is 0 Å². The summed E-state index contributed by atoms with van der Waals surface area (Å²) in [5.74, 6) is 1.66. The van der Waals surface area contributed by atoms with E-state index in [9.17, 15) is 0 Å². The lowest BCUT2D eigenvalue weighted by Crippen LogP contribution is -2.15. The predicted molar refractivity (Wildman–Crippen MR) is 49.6 cm³/mol. The van der Waals surface area contributed by atoms with Crippen LogP contribution in [-0.4, -0.2) is 13.1 Å². The lowest BCUT2D eigenvalue weighted by molar-refractivity contribution is 0.357. The summed E-state index contributed by atoms with van der Waals surface area (Å²) in [6, 6.07) is 2.20. The number of hydrogen-bond acceptors (Lipinski definition) is 2. The first kappa shape index (κ1) is 9.54. The van der Waals surface area contributed by atoms with E-state index in [-0.39, 0.29) is 0 Å². The van der Waals surface area contributed by atoms with E-state index < -0.39 is 0 Å². The van der Waals surface area contributed by atoms with Crippen molar-refractivity contribution in [3.8, 4) is 6.07 Å². The highest BCUT2D eigenvalue weighted by Gasteiger charge is 2.20. The first-order valence-corrected chi connectivity index (χ1v) is 4.92. The van der Waals surface area contributed by atoms with Crippen molar-refractivity contribution in [2.24, 2.45) is 11.8 Å². The van der Waals surface area contributed by atoms with Crippen LogP contribution in [0.1, 0.15) is 32.6 Å². The zero-order chi connectivity index (χ0) is 8.81. The van der Waals surface area contributed by atoms with Gasteiger partial charge in [0.15, 0.2) is 0 Å². The Kier molecular flexibility index (Phi) is 4.10. The van der Waals surface area contributed by atoms with Crippen LogP contribution in [0.25, 0.3) is 0 Å². The molecule has 0 spiro atoms. The molecular weight excluding hydrogens is 148 g/mol. The second kappa shape index (κ2) is 5.16. The van der Waals surface area contributed by atoms with Gasteiger partial charge in [-0.25, -0.2) is 0 Å². The van der Waals surface area contributed by atoms with Gasteiger partial charge in [0.1, 0.15) is 0 Å². The monoisotopic (exact) mass is 166 g/mol. The fraction of sp³-hybridized carbons (Fsp3) is 0.900. The Morgan fingerprint density at radius 3 is 3.08 bits per heavy atom. The molecule has 1 saturated heterocycles. The number of unbranched alkanes of at least 4 members (excludes halogenated alkanes) is 1. The van der Waals surface area contributed by atoms with Gasteiger partial charge in [0.05, 0.1) is 6.07 Å². The second-order valence-electron chi connectivity index (χ2n) is 3.78. The van der Waals surface area contributed by atoms with Gasteiger partial charge < -0.3 is 5.32 Å². The van der Waals surface area contributed by atoms with Gasteiger partial charge in [-0.1, -0.05) is 6.92 Å². The number of nitriles is 1. The van der Waals surface area contributed by atoms with Gasteiger partial charge in [-0.3, -0.25) is 0 Å². The van der Waals surface area contributed by atoms with Crippen LogP contribution in [0, 0.1) is 23.2 Å². The van der Waals surface area contributed by atoms with Crippen molar-refractivity contribution in [1.82, 2.24) is 5.32 Å². The molecule has 0 aliphatic carbocycles. The van der Waals surface area contributed by atoms with E-state index in [1.807, 2.05) is 0 Å². The van der Waals surface area contributed by atoms with Crippen molar-refractivity contribution in [1.29, 1.82) is 5.26 Å². The highest BCUT2D eigenvalue weighted by Crippen LogP contribution is 2.22. The summed E-state index contributed by atoms with van der Waals surface area (Å²) in [6.45, 7) is 4.69. The van der Waals surface area contributed by atoms with E-state index in [0.717, 1.165) is 24.7 Å². The topological polar surface area (TPSA) is 35.8 Å². The van der Waals surface area contributed by atoms with Gasteiger partial charge in [-0.05, 0) is 44.2 Å². The highest BCUT2D eigenvalue weighted by molar-refractivity contribution is 4.77. The van der Waals surface area contributed by atoms with E-state index in [1.165, 1.54) is 25.9 Å². The molecule has 68 valence electrons. The minimum atomic E-state index is 0.727. The van der Waals surface area contributed by atoms with E-state index in [0.29, 0.717) is 0 Å². The van der Waals surface area contributed by atoms with Crippen LogP contribution in [0.2, 0.25) is 0 Å². The zero-order valence-corrected chi connectivity index (χ0v) is 7.84. The number of rotatable bonds is 4. The van der Waals surface area contributed by atoms with Gasteiger partial charge >= 0.3 is 0 Å². The average Bonchev–Trinajstić information content (AvgIpc) is 2.56. The Bertz CT molecular complexity index is 154. The number of hydrogen-bond donors (Lipinski definition) is 1. The molecule has 1 rings (SSSR count). The number of nitrogens with zero attached hydrogens (tertiary/aromatic N) is 1. The molecule has 0 radical (unpaired) electrons. The fourth-order valence-electron chi connectivity index (χ4n) is 1.90. The minimum Gasteiger partial charge on any atom is -0.316 e. The quantitative estimate of drug-likeness (QED) is 0.648. The third-order valence-corrected chi connectivity index (χ3v) is 2.85. The van der Waals surface area contributed by atoms with Crippen molar-refractivity contribution in [2.45, 2.75) is 32.6 Å². The zero-order valence-electron chi connectivity index (χ0n) is 7.84. The molecule has 2 heteroatoms. The molecule has 1 aliphatic rings. The van der Waals surface area contributed by atoms with E-state index in [2.05, 4.69) is 18.3 Å². The molecule has 2 atom stereocenters. The Morgan fingerprint density at radius 2 is 2.50 bits per heavy atom. The summed E-state index contributed by atoms with van der Waals surface area (Å²) in [5.41, 5.74) is 0. The van der Waals surface area contributed by atoms with Crippen molar-refractivity contribution in [3.05, 3.63) is 0 Å². The Hall–Kier alpha value is -0.550. The van der Waals surface area contributed by atoms with Crippen molar-refractivity contribution in [2.75, 3.05) is 13.1 Å². The molecular formula is C10H18N2. The maximum absolute atomic E-state index is 8.38. The smallest absolute Gasteiger partial charge is 0.0621 e. The normalized spacial score (nSPS) is 25.2. The molecule has 1 fully saturated rings. The molecule has 0 bridgehead atoms. The largest absolute Gasteiger partial charge is 0.316 e. The summed E-state index contributed by atoms with van der Waals surface area (Å²) < 4.78 is 0. The summed E-state index contributed by atoms with van der Waals surface area (Å²) in [6.07, 6.45) is 4.35. The first-order chi connectivity index (χ1) is 5.84. The molecule has 12 heavy (non-hydrogen) atoms. The molecule has 1 heterocycles. The van der Waals surface area contributed by atoms with Crippen LogP contribution in [0.15, 0.2) is 0 Å². The van der Waals surface area contributed by atoms with Crippen molar-refractivity contribution >= 4 is 0 Å². The van der Waals surface area contributed by atoms with Gasteiger partial charge in [0, 0.05) is 6.42 Å². The fourth-order valence-corrected chi connectivity index (χ4v) is 1.90. The van der Waals surface area contributed by atoms with Crippen LogP contribution in [0.5, 0.6) is 0 Å².